The molecule has 9 nitrogen and oxygen atoms in total. The van der Waals surface area contributed by atoms with Crippen molar-refractivity contribution in [1.82, 2.24) is 5.06 Å². The highest BCUT2D eigenvalue weighted by atomic mass is 16.7. The van der Waals surface area contributed by atoms with Crippen LogP contribution in [0.25, 0.3) is 0 Å². The van der Waals surface area contributed by atoms with E-state index in [1.165, 1.54) is 18.2 Å². The molecule has 2 rings (SSSR count). The highest BCUT2D eigenvalue weighted by molar-refractivity contribution is 5.53. The normalized spacial score (nSPS) is 15.1. The van der Waals surface area contributed by atoms with E-state index in [4.69, 9.17) is 4.84 Å². The lowest BCUT2D eigenvalue weighted by Crippen LogP contribution is -2.35. The SMILES string of the molecule is O=CN(OCc1c([N+](=O)[O-])cccc1[N+](=O)[O-])C1CCCCC1. The Morgan fingerprint density at radius 1 is 1.13 bits per heavy atom. The first kappa shape index (κ1) is 16.8. The van der Waals surface area contributed by atoms with Gasteiger partial charge in [0.05, 0.1) is 15.9 Å². The fraction of sp³-hybridized carbons (Fsp3) is 0.500. The van der Waals surface area contributed by atoms with Crippen molar-refractivity contribution in [2.45, 2.75) is 44.8 Å². The summed E-state index contributed by atoms with van der Waals surface area (Å²) in [6.07, 6.45) is 5.15. The van der Waals surface area contributed by atoms with Crippen molar-refractivity contribution in [3.63, 3.8) is 0 Å². The first-order chi connectivity index (χ1) is 11.0. The number of nitro benzene ring substituents is 2. The minimum atomic E-state index is -0.697. The molecule has 1 saturated carbocycles. The Morgan fingerprint density at radius 3 is 2.17 bits per heavy atom. The van der Waals surface area contributed by atoms with Crippen molar-refractivity contribution in [1.29, 1.82) is 0 Å². The molecule has 0 radical (unpaired) electrons. The van der Waals surface area contributed by atoms with Gasteiger partial charge in [-0.1, -0.05) is 19.3 Å². The summed E-state index contributed by atoms with van der Waals surface area (Å²) in [5.74, 6) is 0. The van der Waals surface area contributed by atoms with Gasteiger partial charge in [0, 0.05) is 12.1 Å². The van der Waals surface area contributed by atoms with E-state index in [0.29, 0.717) is 6.41 Å². The smallest absolute Gasteiger partial charge is 0.276 e. The Balaban J connectivity index is 2.19. The molecule has 23 heavy (non-hydrogen) atoms. The van der Waals surface area contributed by atoms with Gasteiger partial charge in [0.2, 0.25) is 6.41 Å². The molecule has 1 aromatic rings. The van der Waals surface area contributed by atoms with Gasteiger partial charge in [-0.3, -0.25) is 29.9 Å². The van der Waals surface area contributed by atoms with E-state index < -0.39 is 27.8 Å². The Labute approximate surface area is 132 Å². The molecular weight excluding hydrogens is 306 g/mol. The van der Waals surface area contributed by atoms with E-state index in [-0.39, 0.29) is 11.6 Å². The maximum Gasteiger partial charge on any atom is 0.281 e. The molecule has 0 saturated heterocycles. The average Bonchev–Trinajstić information content (AvgIpc) is 2.56. The van der Waals surface area contributed by atoms with Gasteiger partial charge < -0.3 is 0 Å². The van der Waals surface area contributed by atoms with Gasteiger partial charge in [0.25, 0.3) is 11.4 Å². The van der Waals surface area contributed by atoms with Crippen LogP contribution in [0.1, 0.15) is 37.7 Å². The number of carbonyl (C=O) groups excluding carboxylic acids is 1. The van der Waals surface area contributed by atoms with Gasteiger partial charge in [-0.25, -0.2) is 5.06 Å². The molecule has 0 spiro atoms. The number of hydroxylamine groups is 2. The Morgan fingerprint density at radius 2 is 1.70 bits per heavy atom. The molecule has 0 atom stereocenters. The zero-order chi connectivity index (χ0) is 16.8. The molecule has 0 aromatic heterocycles. The van der Waals surface area contributed by atoms with Crippen LogP contribution in [0, 0.1) is 20.2 Å². The fourth-order valence-corrected chi connectivity index (χ4v) is 2.75. The van der Waals surface area contributed by atoms with Crippen LogP contribution in [0.15, 0.2) is 18.2 Å². The molecule has 0 unspecified atom stereocenters. The summed E-state index contributed by atoms with van der Waals surface area (Å²) in [6, 6.07) is 3.51. The van der Waals surface area contributed by atoms with Gasteiger partial charge in [-0.15, -0.1) is 0 Å². The first-order valence-corrected chi connectivity index (χ1v) is 7.31. The number of nitro groups is 2. The largest absolute Gasteiger partial charge is 0.281 e. The number of hydrogen-bond acceptors (Lipinski definition) is 6. The summed E-state index contributed by atoms with van der Waals surface area (Å²) in [5, 5.41) is 23.2. The van der Waals surface area contributed by atoms with Crippen LogP contribution in [0.4, 0.5) is 11.4 Å². The number of hydrogen-bond donors (Lipinski definition) is 0. The van der Waals surface area contributed by atoms with Crippen LogP contribution < -0.4 is 0 Å². The van der Waals surface area contributed by atoms with Gasteiger partial charge in [-0.05, 0) is 18.9 Å². The molecule has 9 heteroatoms. The molecular formula is C14H17N3O6. The maximum absolute atomic E-state index is 11.2. The first-order valence-electron chi connectivity index (χ1n) is 7.31. The molecule has 1 fully saturated rings. The molecule has 1 aromatic carbocycles. The molecule has 1 amide bonds. The quantitative estimate of drug-likeness (QED) is 0.433. The molecule has 0 bridgehead atoms. The third kappa shape index (κ3) is 4.01. The molecule has 0 N–H and O–H groups in total. The van der Waals surface area contributed by atoms with Crippen molar-refractivity contribution in [2.24, 2.45) is 0 Å². The molecule has 0 heterocycles. The Bertz CT molecular complexity index is 568. The second-order valence-corrected chi connectivity index (χ2v) is 5.32. The van der Waals surface area contributed by atoms with Gasteiger partial charge in [0.1, 0.15) is 12.2 Å². The van der Waals surface area contributed by atoms with E-state index in [9.17, 15) is 25.0 Å². The highest BCUT2D eigenvalue weighted by Gasteiger charge is 2.27. The van der Waals surface area contributed by atoms with E-state index in [0.717, 1.165) is 37.2 Å². The lowest BCUT2D eigenvalue weighted by molar-refractivity contribution is -0.396. The monoisotopic (exact) mass is 323 g/mol. The summed E-state index contributed by atoms with van der Waals surface area (Å²) in [4.78, 5) is 37.3. The van der Waals surface area contributed by atoms with Crippen LogP contribution in [0.3, 0.4) is 0 Å². The second kappa shape index (κ2) is 7.63. The number of nitrogens with zero attached hydrogens (tertiary/aromatic N) is 3. The molecule has 124 valence electrons. The van der Waals surface area contributed by atoms with Crippen molar-refractivity contribution in [3.05, 3.63) is 44.0 Å². The number of rotatable bonds is 7. The highest BCUT2D eigenvalue weighted by Crippen LogP contribution is 2.30. The molecule has 1 aliphatic rings. The van der Waals surface area contributed by atoms with Crippen molar-refractivity contribution < 1.29 is 19.5 Å². The Hall–Kier alpha value is -2.55. The van der Waals surface area contributed by atoms with E-state index in [2.05, 4.69) is 0 Å². The van der Waals surface area contributed by atoms with Crippen LogP contribution in [0.2, 0.25) is 0 Å². The van der Waals surface area contributed by atoms with Crippen molar-refractivity contribution in [2.75, 3.05) is 0 Å². The van der Waals surface area contributed by atoms with Crippen molar-refractivity contribution in [3.8, 4) is 0 Å². The third-order valence-electron chi connectivity index (χ3n) is 3.92. The number of amides is 1. The molecule has 0 aliphatic heterocycles. The zero-order valence-electron chi connectivity index (χ0n) is 12.4. The Kier molecular flexibility index (Phi) is 5.58. The predicted molar refractivity (Wildman–Crippen MR) is 79.3 cm³/mol. The summed E-state index contributed by atoms with van der Waals surface area (Å²) in [7, 11) is 0. The van der Waals surface area contributed by atoms with Crippen LogP contribution in [-0.2, 0) is 16.2 Å². The fourth-order valence-electron chi connectivity index (χ4n) is 2.75. The number of benzene rings is 1. The number of carbonyl (C=O) groups is 1. The average molecular weight is 323 g/mol. The summed E-state index contributed by atoms with van der Waals surface area (Å²) >= 11 is 0. The summed E-state index contributed by atoms with van der Waals surface area (Å²) in [5.41, 5.74) is -0.937. The summed E-state index contributed by atoms with van der Waals surface area (Å²) in [6.45, 7) is -0.400. The maximum atomic E-state index is 11.2. The van der Waals surface area contributed by atoms with E-state index in [1.54, 1.807) is 0 Å². The second-order valence-electron chi connectivity index (χ2n) is 5.32. The summed E-state index contributed by atoms with van der Waals surface area (Å²) < 4.78 is 0. The van der Waals surface area contributed by atoms with Crippen LogP contribution >= 0.6 is 0 Å². The van der Waals surface area contributed by atoms with Gasteiger partial charge >= 0.3 is 0 Å². The van der Waals surface area contributed by atoms with Gasteiger partial charge in [0.15, 0.2) is 0 Å². The standard InChI is InChI=1S/C14H17N3O6/c18-10-15(11-5-2-1-3-6-11)23-9-12-13(16(19)20)7-4-8-14(12)17(21)22/h4,7-8,10-11H,1-3,5-6,9H2. The van der Waals surface area contributed by atoms with Crippen molar-refractivity contribution >= 4 is 17.8 Å². The van der Waals surface area contributed by atoms with Crippen LogP contribution in [0.5, 0.6) is 0 Å². The van der Waals surface area contributed by atoms with Crippen LogP contribution in [-0.4, -0.2) is 27.4 Å². The lowest BCUT2D eigenvalue weighted by atomic mass is 9.95. The predicted octanol–water partition coefficient (Wildman–Crippen LogP) is 2.73. The lowest BCUT2D eigenvalue weighted by Gasteiger charge is -2.29. The zero-order valence-corrected chi connectivity index (χ0v) is 12.4. The minimum absolute atomic E-state index is 0.0944. The van der Waals surface area contributed by atoms with E-state index >= 15 is 0 Å². The minimum Gasteiger partial charge on any atom is -0.276 e. The topological polar surface area (TPSA) is 116 Å². The molecule has 1 aliphatic carbocycles. The van der Waals surface area contributed by atoms with E-state index in [1.807, 2.05) is 0 Å². The van der Waals surface area contributed by atoms with Gasteiger partial charge in [-0.2, -0.15) is 0 Å². The third-order valence-corrected chi connectivity index (χ3v) is 3.92.